The van der Waals surface area contributed by atoms with Crippen molar-refractivity contribution in [3.05, 3.63) is 29.4 Å². The van der Waals surface area contributed by atoms with Crippen molar-refractivity contribution in [3.8, 4) is 0 Å². The van der Waals surface area contributed by atoms with Gasteiger partial charge in [0.25, 0.3) is 0 Å². The summed E-state index contributed by atoms with van der Waals surface area (Å²) in [6, 6.07) is 2.94. The average molecular weight is 196 g/mol. The van der Waals surface area contributed by atoms with Gasteiger partial charge in [-0.15, -0.1) is 0 Å². The summed E-state index contributed by atoms with van der Waals surface area (Å²) in [6.07, 6.45) is 1.56. The van der Waals surface area contributed by atoms with Gasteiger partial charge in [-0.3, -0.25) is 0 Å². The minimum atomic E-state index is -0.327. The molecule has 0 saturated carbocycles. The second kappa shape index (κ2) is 3.89. The summed E-state index contributed by atoms with van der Waals surface area (Å²) in [7, 11) is 0. The Labute approximate surface area is 81.5 Å². The Morgan fingerprint density at radius 1 is 1.29 bits per heavy atom. The van der Waals surface area contributed by atoms with Crippen molar-refractivity contribution >= 4 is 5.82 Å². The molecule has 76 valence electrons. The molecule has 2 rings (SSSR count). The number of piperazine rings is 1. The van der Waals surface area contributed by atoms with Gasteiger partial charge < -0.3 is 15.2 Å². The lowest BCUT2D eigenvalue weighted by Crippen LogP contribution is -2.44. The lowest BCUT2D eigenvalue weighted by atomic mass is 10.3. The highest BCUT2D eigenvalue weighted by molar-refractivity contribution is 5.40. The first-order valence-electron chi connectivity index (χ1n) is 4.55. The second-order valence-corrected chi connectivity index (χ2v) is 3.22. The topological polar surface area (TPSA) is 42.4 Å². The van der Waals surface area contributed by atoms with Gasteiger partial charge in [-0.05, 0) is 12.1 Å². The minimum absolute atomic E-state index is 0.327. The van der Waals surface area contributed by atoms with Gasteiger partial charge in [0.2, 0.25) is 0 Å². The summed E-state index contributed by atoms with van der Waals surface area (Å²) < 4.78 is 13.3. The highest BCUT2D eigenvalue weighted by atomic mass is 19.1. The molecule has 5 heteroatoms. The van der Waals surface area contributed by atoms with Crippen molar-refractivity contribution in [1.82, 2.24) is 10.0 Å². The van der Waals surface area contributed by atoms with Crippen LogP contribution in [0.1, 0.15) is 0 Å². The van der Waals surface area contributed by atoms with Gasteiger partial charge in [0.1, 0.15) is 0 Å². The van der Waals surface area contributed by atoms with E-state index in [9.17, 15) is 9.60 Å². The largest absolute Gasteiger partial charge is 0.785 e. The van der Waals surface area contributed by atoms with E-state index in [1.54, 1.807) is 17.2 Å². The second-order valence-electron chi connectivity index (χ2n) is 3.22. The molecule has 1 aromatic heterocycles. The molecular formula is C9H11FN3O-. The molecule has 14 heavy (non-hydrogen) atoms. The quantitative estimate of drug-likeness (QED) is 0.667. The molecule has 0 spiro atoms. The summed E-state index contributed by atoms with van der Waals surface area (Å²) in [5.74, 6) is 0.0208. The lowest BCUT2D eigenvalue weighted by molar-refractivity contribution is 0.348. The SMILES string of the molecule is [O-]N1CCN(c2ncccc2F)CC1. The maximum absolute atomic E-state index is 13.3. The number of hydrogen-bond donors (Lipinski definition) is 0. The first-order valence-corrected chi connectivity index (χ1v) is 4.55. The third-order valence-electron chi connectivity index (χ3n) is 2.28. The van der Waals surface area contributed by atoms with Crippen molar-refractivity contribution in [3.63, 3.8) is 0 Å². The zero-order chi connectivity index (χ0) is 9.97. The standard InChI is InChI=1S/C9H11FN3O/c10-8-2-1-3-11-9(8)12-4-6-13(14)7-5-12/h1-3H,4-7H2/q-1. The molecule has 1 fully saturated rings. The summed E-state index contributed by atoms with van der Waals surface area (Å²) in [4.78, 5) is 5.75. The number of rotatable bonds is 1. The molecule has 0 unspecified atom stereocenters. The fourth-order valence-electron chi connectivity index (χ4n) is 1.51. The third-order valence-corrected chi connectivity index (χ3v) is 2.28. The van der Waals surface area contributed by atoms with Gasteiger partial charge in [0.15, 0.2) is 11.6 Å². The molecule has 1 aromatic rings. The number of aromatic nitrogens is 1. The van der Waals surface area contributed by atoms with Crippen LogP contribution in [0.15, 0.2) is 18.3 Å². The van der Waals surface area contributed by atoms with E-state index in [2.05, 4.69) is 4.98 Å². The third kappa shape index (κ3) is 1.83. The normalized spacial score (nSPS) is 18.6. The monoisotopic (exact) mass is 196 g/mol. The number of nitrogens with zero attached hydrogens (tertiary/aromatic N) is 3. The Bertz CT molecular complexity index is 313. The highest BCUT2D eigenvalue weighted by Crippen LogP contribution is 2.16. The number of halogens is 1. The summed E-state index contributed by atoms with van der Waals surface area (Å²) in [6.45, 7) is 1.90. The Morgan fingerprint density at radius 2 is 2.00 bits per heavy atom. The van der Waals surface area contributed by atoms with Crippen molar-refractivity contribution in [1.29, 1.82) is 0 Å². The van der Waals surface area contributed by atoms with Crippen LogP contribution in [-0.2, 0) is 0 Å². The zero-order valence-corrected chi connectivity index (χ0v) is 7.69. The smallest absolute Gasteiger partial charge is 0.165 e. The average Bonchev–Trinajstić information content (AvgIpc) is 2.20. The molecule has 0 aromatic carbocycles. The summed E-state index contributed by atoms with van der Waals surface area (Å²) >= 11 is 0. The molecule has 0 N–H and O–H groups in total. The van der Waals surface area contributed by atoms with Gasteiger partial charge in [-0.1, -0.05) is 0 Å². The van der Waals surface area contributed by atoms with Crippen LogP contribution in [-0.4, -0.2) is 36.2 Å². The van der Waals surface area contributed by atoms with Crippen LogP contribution in [0.25, 0.3) is 0 Å². The van der Waals surface area contributed by atoms with Crippen molar-refractivity contribution in [2.45, 2.75) is 0 Å². The zero-order valence-electron chi connectivity index (χ0n) is 7.69. The van der Waals surface area contributed by atoms with Gasteiger partial charge in [-0.2, -0.15) is 0 Å². The van der Waals surface area contributed by atoms with Gasteiger partial charge >= 0.3 is 0 Å². The van der Waals surface area contributed by atoms with Crippen LogP contribution in [0, 0.1) is 11.0 Å². The molecule has 2 heterocycles. The van der Waals surface area contributed by atoms with Crippen LogP contribution >= 0.6 is 0 Å². The van der Waals surface area contributed by atoms with E-state index in [1.807, 2.05) is 0 Å². The molecule has 1 aliphatic heterocycles. The summed E-state index contributed by atoms with van der Waals surface area (Å²) in [5.41, 5.74) is 0. The molecule has 1 saturated heterocycles. The van der Waals surface area contributed by atoms with Crippen molar-refractivity contribution in [2.24, 2.45) is 0 Å². The Hall–Kier alpha value is -1.20. The van der Waals surface area contributed by atoms with E-state index in [0.717, 1.165) is 5.06 Å². The Kier molecular flexibility index (Phi) is 2.60. The van der Waals surface area contributed by atoms with E-state index in [0.29, 0.717) is 32.0 Å². The number of hydroxylamine groups is 2. The van der Waals surface area contributed by atoms with E-state index >= 15 is 0 Å². The van der Waals surface area contributed by atoms with Crippen LogP contribution in [0.5, 0.6) is 0 Å². The molecule has 4 nitrogen and oxygen atoms in total. The van der Waals surface area contributed by atoms with E-state index < -0.39 is 0 Å². The first kappa shape index (κ1) is 9.36. The molecule has 0 atom stereocenters. The molecule has 0 radical (unpaired) electrons. The highest BCUT2D eigenvalue weighted by Gasteiger charge is 2.15. The predicted octanol–water partition coefficient (Wildman–Crippen LogP) is 0.841. The van der Waals surface area contributed by atoms with Crippen LogP contribution in [0.3, 0.4) is 0 Å². The van der Waals surface area contributed by atoms with Crippen molar-refractivity contribution < 1.29 is 4.39 Å². The van der Waals surface area contributed by atoms with Gasteiger partial charge in [0.05, 0.1) is 0 Å². The Balaban J connectivity index is 2.12. The molecule has 1 aliphatic rings. The van der Waals surface area contributed by atoms with E-state index in [-0.39, 0.29) is 5.82 Å². The maximum Gasteiger partial charge on any atom is 0.165 e. The van der Waals surface area contributed by atoms with Crippen LogP contribution in [0.4, 0.5) is 10.2 Å². The lowest BCUT2D eigenvalue weighted by Gasteiger charge is -2.39. The maximum atomic E-state index is 13.3. The van der Waals surface area contributed by atoms with Gasteiger partial charge in [0, 0.05) is 32.4 Å². The molecule has 0 amide bonds. The van der Waals surface area contributed by atoms with E-state index in [1.165, 1.54) is 6.07 Å². The number of anilines is 1. The Morgan fingerprint density at radius 3 is 2.64 bits per heavy atom. The van der Waals surface area contributed by atoms with Crippen LogP contribution < -0.4 is 4.90 Å². The van der Waals surface area contributed by atoms with Crippen LogP contribution in [0.2, 0.25) is 0 Å². The summed E-state index contributed by atoms with van der Waals surface area (Å²) in [5, 5.41) is 11.9. The molecular weight excluding hydrogens is 185 g/mol. The molecule has 0 bridgehead atoms. The molecule has 0 aliphatic carbocycles. The van der Waals surface area contributed by atoms with E-state index in [4.69, 9.17) is 0 Å². The minimum Gasteiger partial charge on any atom is -0.785 e. The van der Waals surface area contributed by atoms with Crippen molar-refractivity contribution in [2.75, 3.05) is 31.1 Å². The fourth-order valence-corrected chi connectivity index (χ4v) is 1.51. The predicted molar refractivity (Wildman–Crippen MR) is 51.3 cm³/mol. The fraction of sp³-hybridized carbons (Fsp3) is 0.444. The van der Waals surface area contributed by atoms with Gasteiger partial charge in [-0.25, -0.2) is 9.37 Å². The number of hydrogen-bond acceptors (Lipinski definition) is 4. The first-order chi connectivity index (χ1) is 6.77. The number of pyridine rings is 1.